The van der Waals surface area contributed by atoms with Gasteiger partial charge in [0.2, 0.25) is 0 Å². The van der Waals surface area contributed by atoms with Gasteiger partial charge in [-0.1, -0.05) is 223 Å². The highest BCUT2D eigenvalue weighted by atomic mass is 16.6. The molecule has 0 aliphatic rings. The molecule has 1 unspecified atom stereocenters. The number of unbranched alkanes of at least 4 members (excludes halogenated alkanes) is 9. The first kappa shape index (κ1) is 66.8. The largest absolute Gasteiger partial charge is 0.462 e. The second-order valence-corrected chi connectivity index (χ2v) is 17.7. The summed E-state index contributed by atoms with van der Waals surface area (Å²) in [4.78, 5) is 38.1. The van der Waals surface area contributed by atoms with E-state index in [1.54, 1.807) is 0 Å². The van der Waals surface area contributed by atoms with Gasteiger partial charge in [0.1, 0.15) is 13.2 Å². The molecule has 0 aromatic carbocycles. The Kier molecular flexibility index (Phi) is 54.1. The van der Waals surface area contributed by atoms with Crippen LogP contribution in [0.2, 0.25) is 0 Å². The van der Waals surface area contributed by atoms with Crippen LogP contribution in [0.1, 0.15) is 207 Å². The van der Waals surface area contributed by atoms with E-state index in [2.05, 4.69) is 179 Å². The Labute approximate surface area is 441 Å². The van der Waals surface area contributed by atoms with Crippen molar-refractivity contribution in [3.63, 3.8) is 0 Å². The summed E-state index contributed by atoms with van der Waals surface area (Å²) in [6.07, 6.45) is 86.3. The molecule has 0 spiro atoms. The van der Waals surface area contributed by atoms with E-state index >= 15 is 0 Å². The van der Waals surface area contributed by atoms with E-state index in [-0.39, 0.29) is 44.0 Å². The van der Waals surface area contributed by atoms with Crippen LogP contribution in [0.5, 0.6) is 0 Å². The van der Waals surface area contributed by atoms with Gasteiger partial charge in [-0.2, -0.15) is 0 Å². The molecule has 0 aliphatic heterocycles. The van der Waals surface area contributed by atoms with Crippen molar-refractivity contribution in [1.82, 2.24) is 0 Å². The van der Waals surface area contributed by atoms with Crippen molar-refractivity contribution >= 4 is 17.9 Å². The van der Waals surface area contributed by atoms with Crippen LogP contribution >= 0.6 is 0 Å². The third kappa shape index (κ3) is 55.7. The molecular weight excluding hydrogens is 889 g/mol. The van der Waals surface area contributed by atoms with Crippen molar-refractivity contribution in [3.05, 3.63) is 170 Å². The fourth-order valence-electron chi connectivity index (χ4n) is 6.86. The zero-order chi connectivity index (χ0) is 52.2. The van der Waals surface area contributed by atoms with E-state index in [1.165, 1.54) is 12.8 Å². The molecule has 72 heavy (non-hydrogen) atoms. The Morgan fingerprint density at radius 3 is 0.875 bits per heavy atom. The SMILES string of the molecule is CC/C=C\C/C=C\C/C=C\C/C=C\C/C=C\C/C=C\CCC(=O)OCC(COC(=O)CCCCCCCC/C=C\C/C=C\C/C=C\CC)OC(=O)CCCCC/C=C\C/C=C\C/C=C\C/C=C\C/C=C\CC. The van der Waals surface area contributed by atoms with Gasteiger partial charge in [0, 0.05) is 19.3 Å². The van der Waals surface area contributed by atoms with Crippen LogP contribution in [0, 0.1) is 0 Å². The van der Waals surface area contributed by atoms with Crippen molar-refractivity contribution in [1.29, 1.82) is 0 Å². The summed E-state index contributed by atoms with van der Waals surface area (Å²) in [6, 6.07) is 0. The van der Waals surface area contributed by atoms with Crippen molar-refractivity contribution in [3.8, 4) is 0 Å². The van der Waals surface area contributed by atoms with Gasteiger partial charge in [0.15, 0.2) is 6.10 Å². The highest BCUT2D eigenvalue weighted by Crippen LogP contribution is 2.12. The molecule has 6 nitrogen and oxygen atoms in total. The minimum Gasteiger partial charge on any atom is -0.462 e. The summed E-state index contributed by atoms with van der Waals surface area (Å²) >= 11 is 0. The van der Waals surface area contributed by atoms with Crippen molar-refractivity contribution in [2.75, 3.05) is 13.2 Å². The van der Waals surface area contributed by atoms with Crippen LogP contribution in [-0.4, -0.2) is 37.2 Å². The molecule has 0 rings (SSSR count). The highest BCUT2D eigenvalue weighted by Gasteiger charge is 2.19. The van der Waals surface area contributed by atoms with E-state index < -0.39 is 6.10 Å². The number of rotatable bonds is 48. The van der Waals surface area contributed by atoms with Crippen LogP contribution in [0.4, 0.5) is 0 Å². The first-order valence-corrected chi connectivity index (χ1v) is 28.1. The Bertz CT molecular complexity index is 1700. The van der Waals surface area contributed by atoms with Crippen molar-refractivity contribution in [2.24, 2.45) is 0 Å². The summed E-state index contributed by atoms with van der Waals surface area (Å²) in [5.41, 5.74) is 0. The number of allylic oxidation sites excluding steroid dienone is 28. The molecule has 0 heterocycles. The fraction of sp³-hybridized carbons (Fsp3) is 0.530. The lowest BCUT2D eigenvalue weighted by molar-refractivity contribution is -0.166. The zero-order valence-corrected chi connectivity index (χ0v) is 45.6. The standard InChI is InChI=1S/C66H100O6/c1-4-7-10-13-16-19-22-25-28-31-33-35-38-41-44-47-50-53-56-59-65(68)71-62-63(61-70-64(67)58-55-52-49-46-43-40-37-30-27-24-21-18-15-12-9-6-3)72-66(69)60-57-54-51-48-45-42-39-36-34-32-29-26-23-20-17-14-11-8-5-2/h7-12,16-21,25-30,33-36,41-42,44-45,50,53,63H,4-6,13-15,22-24,31-32,37-40,43,46-49,51-52,54-62H2,1-3H3/b10-7-,11-8-,12-9-,19-16-,20-17-,21-18-,28-25-,29-26-,30-27-,35-33-,36-34-,44-41-,45-42-,53-50-. The van der Waals surface area contributed by atoms with Crippen LogP contribution in [0.15, 0.2) is 170 Å². The number of ether oxygens (including phenoxy) is 3. The molecule has 0 fully saturated rings. The minimum absolute atomic E-state index is 0.131. The first-order chi connectivity index (χ1) is 35.5. The molecule has 1 atom stereocenters. The van der Waals surface area contributed by atoms with Crippen molar-refractivity contribution < 1.29 is 28.6 Å². The lowest BCUT2D eigenvalue weighted by atomic mass is 10.1. The lowest BCUT2D eigenvalue weighted by Crippen LogP contribution is -2.30. The topological polar surface area (TPSA) is 78.9 Å². The van der Waals surface area contributed by atoms with Crippen molar-refractivity contribution in [2.45, 2.75) is 213 Å². The molecule has 0 saturated carbocycles. The van der Waals surface area contributed by atoms with E-state index in [0.717, 1.165) is 141 Å². The Hall–Kier alpha value is -5.23. The van der Waals surface area contributed by atoms with E-state index in [4.69, 9.17) is 14.2 Å². The average Bonchev–Trinajstić information content (AvgIpc) is 3.38. The van der Waals surface area contributed by atoms with E-state index in [1.807, 2.05) is 12.2 Å². The zero-order valence-electron chi connectivity index (χ0n) is 45.6. The smallest absolute Gasteiger partial charge is 0.306 e. The molecule has 400 valence electrons. The van der Waals surface area contributed by atoms with E-state index in [0.29, 0.717) is 19.3 Å². The Morgan fingerprint density at radius 2 is 0.528 bits per heavy atom. The number of hydrogen-bond donors (Lipinski definition) is 0. The number of carbonyl (C=O) groups is 3. The summed E-state index contributed by atoms with van der Waals surface area (Å²) < 4.78 is 16.7. The summed E-state index contributed by atoms with van der Waals surface area (Å²) in [6.45, 7) is 6.17. The predicted molar refractivity (Wildman–Crippen MR) is 311 cm³/mol. The van der Waals surface area contributed by atoms with Gasteiger partial charge in [0.25, 0.3) is 0 Å². The molecule has 0 aromatic heterocycles. The average molecular weight is 990 g/mol. The molecular formula is C66H100O6. The van der Waals surface area contributed by atoms with Gasteiger partial charge >= 0.3 is 17.9 Å². The van der Waals surface area contributed by atoms with Crippen LogP contribution < -0.4 is 0 Å². The normalized spacial score (nSPS) is 13.4. The Balaban J connectivity index is 4.63. The molecule has 0 saturated heterocycles. The molecule has 6 heteroatoms. The minimum atomic E-state index is -0.842. The highest BCUT2D eigenvalue weighted by molar-refractivity contribution is 5.71. The van der Waals surface area contributed by atoms with Gasteiger partial charge in [-0.05, 0) is 135 Å². The number of hydrogen-bond acceptors (Lipinski definition) is 6. The maximum atomic E-state index is 12.9. The van der Waals surface area contributed by atoms with Gasteiger partial charge in [-0.3, -0.25) is 14.4 Å². The third-order valence-corrected chi connectivity index (χ3v) is 11.0. The van der Waals surface area contributed by atoms with Crippen LogP contribution in [0.3, 0.4) is 0 Å². The van der Waals surface area contributed by atoms with E-state index in [9.17, 15) is 14.4 Å². The lowest BCUT2D eigenvalue weighted by Gasteiger charge is -2.18. The second kappa shape index (κ2) is 58.3. The maximum absolute atomic E-state index is 12.9. The van der Waals surface area contributed by atoms with Gasteiger partial charge < -0.3 is 14.2 Å². The monoisotopic (exact) mass is 989 g/mol. The van der Waals surface area contributed by atoms with Gasteiger partial charge in [-0.25, -0.2) is 0 Å². The van der Waals surface area contributed by atoms with Crippen LogP contribution in [-0.2, 0) is 28.6 Å². The fourth-order valence-corrected chi connectivity index (χ4v) is 6.86. The first-order valence-electron chi connectivity index (χ1n) is 28.1. The van der Waals surface area contributed by atoms with Gasteiger partial charge in [-0.15, -0.1) is 0 Å². The van der Waals surface area contributed by atoms with Gasteiger partial charge in [0.05, 0.1) is 0 Å². The second-order valence-electron chi connectivity index (χ2n) is 17.7. The summed E-state index contributed by atoms with van der Waals surface area (Å²) in [5.74, 6) is -1.07. The van der Waals surface area contributed by atoms with Crippen LogP contribution in [0.25, 0.3) is 0 Å². The molecule has 0 N–H and O–H groups in total. The predicted octanol–water partition coefficient (Wildman–Crippen LogP) is 19.1. The number of carbonyl (C=O) groups excluding carboxylic acids is 3. The summed E-state index contributed by atoms with van der Waals surface area (Å²) in [5, 5.41) is 0. The molecule has 0 amide bonds. The summed E-state index contributed by atoms with van der Waals surface area (Å²) in [7, 11) is 0. The molecule has 0 bridgehead atoms. The molecule has 0 aromatic rings. The third-order valence-electron chi connectivity index (χ3n) is 11.0. The maximum Gasteiger partial charge on any atom is 0.306 e. The number of esters is 3. The quantitative estimate of drug-likeness (QED) is 0.0262. The molecule has 0 radical (unpaired) electrons. The Morgan fingerprint density at radius 1 is 0.278 bits per heavy atom. The molecule has 0 aliphatic carbocycles.